The van der Waals surface area contributed by atoms with E-state index < -0.39 is 0 Å². The topological polar surface area (TPSA) is 3.01 Å². The summed E-state index contributed by atoms with van der Waals surface area (Å²) in [5, 5.41) is 0. The molecule has 0 N–H and O–H groups in total. The molecule has 0 aliphatic carbocycles. The lowest BCUT2D eigenvalue weighted by Crippen LogP contribution is -2.11. The summed E-state index contributed by atoms with van der Waals surface area (Å²) >= 11 is 3.61. The zero-order chi connectivity index (χ0) is 10.4. The van der Waals surface area contributed by atoms with Crippen LogP contribution in [0.4, 0.5) is 0 Å². The van der Waals surface area contributed by atoms with Crippen LogP contribution in [0.15, 0.2) is 30.3 Å². The molecular formula is C11H16NS2+. The van der Waals surface area contributed by atoms with Crippen molar-refractivity contribution in [3.63, 3.8) is 0 Å². The van der Waals surface area contributed by atoms with Crippen LogP contribution in [0.25, 0.3) is 0 Å². The van der Waals surface area contributed by atoms with Crippen molar-refractivity contribution in [1.29, 1.82) is 0 Å². The van der Waals surface area contributed by atoms with Crippen LogP contribution >= 0.6 is 23.5 Å². The first-order chi connectivity index (χ1) is 6.77. The fourth-order valence-electron chi connectivity index (χ4n) is 1.32. The van der Waals surface area contributed by atoms with Gasteiger partial charge in [-0.2, -0.15) is 0 Å². The number of hydrogen-bond donors (Lipinski definition) is 0. The highest BCUT2D eigenvalue weighted by molar-refractivity contribution is 8.38. The molecule has 0 spiro atoms. The van der Waals surface area contributed by atoms with Gasteiger partial charge in [0.05, 0.1) is 0 Å². The van der Waals surface area contributed by atoms with Crippen molar-refractivity contribution in [2.45, 2.75) is 6.54 Å². The second-order valence-electron chi connectivity index (χ2n) is 3.02. The molecule has 76 valence electrons. The van der Waals surface area contributed by atoms with Crippen LogP contribution in [0.1, 0.15) is 5.56 Å². The predicted molar refractivity (Wildman–Crippen MR) is 68.4 cm³/mol. The standard InChI is InChI=1S/C11H16NS2/c1-12(11(13-2)14-3)9-10-7-5-4-6-8-10/h4-8H,9H2,1-3H3/q+1. The molecule has 1 aromatic carbocycles. The van der Waals surface area contributed by atoms with E-state index in [2.05, 4.69) is 54.5 Å². The highest BCUT2D eigenvalue weighted by Crippen LogP contribution is 2.11. The van der Waals surface area contributed by atoms with E-state index in [9.17, 15) is 0 Å². The molecule has 0 bridgehead atoms. The normalized spacial score (nSPS) is 9.93. The van der Waals surface area contributed by atoms with E-state index in [-0.39, 0.29) is 0 Å². The van der Waals surface area contributed by atoms with Crippen LogP contribution < -0.4 is 0 Å². The summed E-state index contributed by atoms with van der Waals surface area (Å²) in [6.45, 7) is 0.984. The van der Waals surface area contributed by atoms with Gasteiger partial charge in [-0.05, 0) is 12.5 Å². The molecule has 1 nitrogen and oxygen atoms in total. The smallest absolute Gasteiger partial charge is 0.217 e. The van der Waals surface area contributed by atoms with Crippen LogP contribution in [-0.2, 0) is 6.54 Å². The van der Waals surface area contributed by atoms with Crippen molar-refractivity contribution in [3.8, 4) is 0 Å². The van der Waals surface area contributed by atoms with Crippen LogP contribution in [0.2, 0.25) is 0 Å². The third-order valence-electron chi connectivity index (χ3n) is 1.92. The molecular weight excluding hydrogens is 210 g/mol. The van der Waals surface area contributed by atoms with Crippen molar-refractivity contribution in [1.82, 2.24) is 0 Å². The fraction of sp³-hybridized carbons (Fsp3) is 0.364. The van der Waals surface area contributed by atoms with E-state index >= 15 is 0 Å². The Kier molecular flexibility index (Phi) is 5.12. The third-order valence-corrected chi connectivity index (χ3v) is 4.25. The Balaban J connectivity index is 2.74. The fourth-order valence-corrected chi connectivity index (χ4v) is 2.74. The molecule has 1 rings (SSSR count). The van der Waals surface area contributed by atoms with Crippen LogP contribution in [0.5, 0.6) is 0 Å². The first kappa shape index (κ1) is 11.7. The van der Waals surface area contributed by atoms with Gasteiger partial charge in [0.25, 0.3) is 4.38 Å². The van der Waals surface area contributed by atoms with Gasteiger partial charge >= 0.3 is 0 Å². The van der Waals surface area contributed by atoms with Crippen molar-refractivity contribution >= 4 is 27.9 Å². The van der Waals surface area contributed by atoms with E-state index in [4.69, 9.17) is 0 Å². The Bertz CT molecular complexity index is 300. The highest BCUT2D eigenvalue weighted by Gasteiger charge is 2.08. The molecule has 0 aliphatic rings. The lowest BCUT2D eigenvalue weighted by atomic mass is 10.2. The summed E-state index contributed by atoms with van der Waals surface area (Å²) in [6.07, 6.45) is 4.24. The van der Waals surface area contributed by atoms with Gasteiger partial charge in [0.1, 0.15) is 7.05 Å². The Morgan fingerprint density at radius 2 is 1.71 bits per heavy atom. The molecule has 0 aromatic heterocycles. The molecule has 0 heterocycles. The first-order valence-electron chi connectivity index (χ1n) is 4.48. The van der Waals surface area contributed by atoms with Crippen molar-refractivity contribution in [2.24, 2.45) is 0 Å². The van der Waals surface area contributed by atoms with Gasteiger partial charge in [-0.3, -0.25) is 0 Å². The van der Waals surface area contributed by atoms with Gasteiger partial charge in [0.15, 0.2) is 6.54 Å². The maximum Gasteiger partial charge on any atom is 0.269 e. The third kappa shape index (κ3) is 3.39. The molecule has 14 heavy (non-hydrogen) atoms. The van der Waals surface area contributed by atoms with Gasteiger partial charge in [-0.15, -0.1) is 0 Å². The molecule has 0 atom stereocenters. The molecule has 0 amide bonds. The average molecular weight is 226 g/mol. The minimum Gasteiger partial charge on any atom is -0.217 e. The van der Waals surface area contributed by atoms with E-state index in [0.29, 0.717) is 0 Å². The minimum absolute atomic E-state index is 0.984. The number of benzene rings is 1. The van der Waals surface area contributed by atoms with E-state index in [1.165, 1.54) is 9.94 Å². The quantitative estimate of drug-likeness (QED) is 0.433. The highest BCUT2D eigenvalue weighted by atomic mass is 32.2. The number of thioether (sulfide) groups is 2. The predicted octanol–water partition coefficient (Wildman–Crippen LogP) is 2.91. The molecule has 3 heteroatoms. The molecule has 0 fully saturated rings. The summed E-state index contributed by atoms with van der Waals surface area (Å²) in [4.78, 5) is 0. The number of rotatable bonds is 2. The molecule has 0 saturated heterocycles. The molecule has 0 radical (unpaired) electrons. The Hall–Kier alpha value is -0.410. The SMILES string of the molecule is CSC(SC)=[N+](C)Cc1ccccc1. The summed E-state index contributed by atoms with van der Waals surface area (Å²) in [7, 11) is 2.13. The van der Waals surface area contributed by atoms with E-state index in [1.54, 1.807) is 23.5 Å². The largest absolute Gasteiger partial charge is 0.269 e. The van der Waals surface area contributed by atoms with Crippen LogP contribution in [0.3, 0.4) is 0 Å². The maximum atomic E-state index is 2.28. The Labute approximate surface area is 94.6 Å². The summed E-state index contributed by atoms with van der Waals surface area (Å²) < 4.78 is 3.64. The molecule has 0 unspecified atom stereocenters. The Morgan fingerprint density at radius 1 is 1.14 bits per heavy atom. The van der Waals surface area contributed by atoms with Gasteiger partial charge in [-0.1, -0.05) is 53.9 Å². The summed E-state index contributed by atoms with van der Waals surface area (Å²) in [5.74, 6) is 0. The van der Waals surface area contributed by atoms with E-state index in [1.807, 2.05) is 0 Å². The van der Waals surface area contributed by atoms with Gasteiger partial charge < -0.3 is 0 Å². The first-order valence-corrected chi connectivity index (χ1v) is 6.93. The van der Waals surface area contributed by atoms with E-state index in [0.717, 1.165) is 6.54 Å². The minimum atomic E-state index is 0.984. The molecule has 0 aliphatic heterocycles. The van der Waals surface area contributed by atoms with Gasteiger partial charge in [-0.25, -0.2) is 4.58 Å². The second-order valence-corrected chi connectivity index (χ2v) is 4.86. The zero-order valence-corrected chi connectivity index (χ0v) is 10.5. The monoisotopic (exact) mass is 226 g/mol. The Morgan fingerprint density at radius 3 is 2.21 bits per heavy atom. The van der Waals surface area contributed by atoms with Crippen LogP contribution in [-0.4, -0.2) is 28.5 Å². The lowest BCUT2D eigenvalue weighted by Gasteiger charge is -2.01. The zero-order valence-electron chi connectivity index (χ0n) is 8.86. The van der Waals surface area contributed by atoms with Gasteiger partial charge in [0.2, 0.25) is 0 Å². The summed E-state index contributed by atoms with van der Waals surface area (Å²) in [5.41, 5.74) is 1.36. The average Bonchev–Trinajstić information content (AvgIpc) is 2.21. The maximum absolute atomic E-state index is 2.28. The second kappa shape index (κ2) is 6.14. The number of nitrogens with zero attached hydrogens (tertiary/aromatic N) is 1. The van der Waals surface area contributed by atoms with Crippen molar-refractivity contribution in [2.75, 3.05) is 19.6 Å². The van der Waals surface area contributed by atoms with Crippen molar-refractivity contribution < 1.29 is 4.58 Å². The van der Waals surface area contributed by atoms with Crippen LogP contribution in [0, 0.1) is 0 Å². The molecule has 1 aromatic rings. The van der Waals surface area contributed by atoms with Crippen molar-refractivity contribution in [3.05, 3.63) is 35.9 Å². The lowest BCUT2D eigenvalue weighted by molar-refractivity contribution is -0.508. The van der Waals surface area contributed by atoms with Gasteiger partial charge in [0, 0.05) is 5.56 Å². The number of hydrogen-bond acceptors (Lipinski definition) is 2. The molecule has 0 saturated carbocycles. The summed E-state index contributed by atoms with van der Waals surface area (Å²) in [6, 6.07) is 10.5.